The summed E-state index contributed by atoms with van der Waals surface area (Å²) in [5, 5.41) is 4.20. The summed E-state index contributed by atoms with van der Waals surface area (Å²) in [6.45, 7) is 5.13. The van der Waals surface area contributed by atoms with Crippen molar-refractivity contribution in [3.63, 3.8) is 0 Å². The number of halogens is 1. The number of rotatable bonds is 9. The molecule has 0 aliphatic heterocycles. The Morgan fingerprint density at radius 3 is 2.68 bits per heavy atom. The summed E-state index contributed by atoms with van der Waals surface area (Å²) in [4.78, 5) is 4.33. The van der Waals surface area contributed by atoms with Gasteiger partial charge in [0.15, 0.2) is 5.76 Å². The molecule has 1 heterocycles. The van der Waals surface area contributed by atoms with Gasteiger partial charge in [0.2, 0.25) is 5.89 Å². The Labute approximate surface area is 138 Å². The predicted molar refractivity (Wildman–Crippen MR) is 92.0 cm³/mol. The third-order valence-electron chi connectivity index (χ3n) is 3.77. The third-order valence-corrected chi connectivity index (χ3v) is 4.03. The number of oxazole rings is 1. The fourth-order valence-electron chi connectivity index (χ4n) is 2.38. The van der Waals surface area contributed by atoms with Gasteiger partial charge in [-0.25, -0.2) is 4.98 Å². The van der Waals surface area contributed by atoms with Crippen molar-refractivity contribution >= 4 is 11.6 Å². The van der Waals surface area contributed by atoms with Gasteiger partial charge in [-0.1, -0.05) is 44.2 Å². The van der Waals surface area contributed by atoms with E-state index in [1.54, 1.807) is 6.20 Å². The van der Waals surface area contributed by atoms with Crippen LogP contribution >= 0.6 is 11.6 Å². The van der Waals surface area contributed by atoms with Crippen LogP contribution in [0.2, 0.25) is 5.02 Å². The minimum absolute atomic E-state index is 0.489. The fourth-order valence-corrected chi connectivity index (χ4v) is 2.51. The molecule has 1 aromatic heterocycles. The van der Waals surface area contributed by atoms with E-state index in [0.29, 0.717) is 12.6 Å². The molecule has 2 rings (SSSR count). The third kappa shape index (κ3) is 5.47. The van der Waals surface area contributed by atoms with Gasteiger partial charge in [0.1, 0.15) is 0 Å². The smallest absolute Gasteiger partial charge is 0.208 e. The van der Waals surface area contributed by atoms with Crippen molar-refractivity contribution in [2.24, 2.45) is 0 Å². The van der Waals surface area contributed by atoms with Crippen LogP contribution in [-0.2, 0) is 6.54 Å². The number of hydrogen-bond acceptors (Lipinski definition) is 3. The topological polar surface area (TPSA) is 38.1 Å². The fraction of sp³-hybridized carbons (Fsp3) is 0.500. The van der Waals surface area contributed by atoms with E-state index in [4.69, 9.17) is 16.0 Å². The first-order chi connectivity index (χ1) is 10.7. The quantitative estimate of drug-likeness (QED) is 0.625. The van der Waals surface area contributed by atoms with Gasteiger partial charge in [0.05, 0.1) is 12.7 Å². The molecular weight excluding hydrogens is 296 g/mol. The molecule has 2 aromatic rings. The van der Waals surface area contributed by atoms with Crippen LogP contribution < -0.4 is 5.32 Å². The number of nitrogens with one attached hydrogen (secondary N) is 1. The van der Waals surface area contributed by atoms with Gasteiger partial charge in [-0.2, -0.15) is 0 Å². The van der Waals surface area contributed by atoms with Crippen LogP contribution in [0.1, 0.15) is 51.8 Å². The summed E-state index contributed by atoms with van der Waals surface area (Å²) in [6, 6.07) is 8.08. The van der Waals surface area contributed by atoms with E-state index in [2.05, 4.69) is 24.1 Å². The second-order valence-electron chi connectivity index (χ2n) is 5.76. The van der Waals surface area contributed by atoms with Gasteiger partial charge in [0, 0.05) is 16.6 Å². The first-order valence-corrected chi connectivity index (χ1v) is 8.51. The first-order valence-electron chi connectivity index (χ1n) is 8.13. The maximum atomic E-state index is 5.89. The van der Waals surface area contributed by atoms with Crippen LogP contribution in [0.25, 0.3) is 11.3 Å². The van der Waals surface area contributed by atoms with Crippen LogP contribution in [0.4, 0.5) is 0 Å². The Kier molecular flexibility index (Phi) is 6.94. The summed E-state index contributed by atoms with van der Waals surface area (Å²) >= 11 is 5.89. The van der Waals surface area contributed by atoms with Crippen molar-refractivity contribution < 1.29 is 4.42 Å². The molecule has 4 heteroatoms. The second kappa shape index (κ2) is 8.96. The second-order valence-corrected chi connectivity index (χ2v) is 6.19. The summed E-state index contributed by atoms with van der Waals surface area (Å²) < 4.78 is 5.79. The van der Waals surface area contributed by atoms with Crippen molar-refractivity contribution in [2.75, 3.05) is 0 Å². The van der Waals surface area contributed by atoms with Gasteiger partial charge in [0.25, 0.3) is 0 Å². The average molecular weight is 321 g/mol. The molecule has 1 atom stereocenters. The van der Waals surface area contributed by atoms with Crippen molar-refractivity contribution in [1.82, 2.24) is 10.3 Å². The highest BCUT2D eigenvalue weighted by Crippen LogP contribution is 2.22. The molecule has 0 radical (unpaired) electrons. The molecule has 0 aliphatic carbocycles. The average Bonchev–Trinajstić information content (AvgIpc) is 2.99. The lowest BCUT2D eigenvalue weighted by molar-refractivity contribution is 0.428. The first kappa shape index (κ1) is 17.0. The molecule has 0 aliphatic rings. The Morgan fingerprint density at radius 2 is 1.95 bits per heavy atom. The zero-order chi connectivity index (χ0) is 15.8. The van der Waals surface area contributed by atoms with E-state index in [9.17, 15) is 0 Å². The molecule has 1 N–H and O–H groups in total. The SMILES string of the molecule is CCCCCCC(C)NCc1ncc(-c2ccc(Cl)cc2)o1. The van der Waals surface area contributed by atoms with E-state index in [-0.39, 0.29) is 0 Å². The largest absolute Gasteiger partial charge is 0.439 e. The van der Waals surface area contributed by atoms with Crippen LogP contribution in [0.15, 0.2) is 34.9 Å². The van der Waals surface area contributed by atoms with Crippen LogP contribution in [0, 0.1) is 0 Å². The van der Waals surface area contributed by atoms with Crippen molar-refractivity contribution in [1.29, 1.82) is 0 Å². The van der Waals surface area contributed by atoms with E-state index in [1.165, 1.54) is 32.1 Å². The number of nitrogens with zero attached hydrogens (tertiary/aromatic N) is 1. The van der Waals surface area contributed by atoms with Gasteiger partial charge >= 0.3 is 0 Å². The van der Waals surface area contributed by atoms with E-state index in [0.717, 1.165) is 22.2 Å². The molecule has 1 aromatic carbocycles. The lowest BCUT2D eigenvalue weighted by Crippen LogP contribution is -2.25. The lowest BCUT2D eigenvalue weighted by Gasteiger charge is -2.11. The van der Waals surface area contributed by atoms with E-state index < -0.39 is 0 Å². The Hall–Kier alpha value is -1.32. The van der Waals surface area contributed by atoms with Gasteiger partial charge in [-0.15, -0.1) is 0 Å². The Morgan fingerprint density at radius 1 is 1.18 bits per heavy atom. The number of hydrogen-bond donors (Lipinski definition) is 1. The van der Waals surface area contributed by atoms with E-state index in [1.807, 2.05) is 24.3 Å². The maximum Gasteiger partial charge on any atom is 0.208 e. The van der Waals surface area contributed by atoms with Gasteiger partial charge in [-0.05, 0) is 37.6 Å². The predicted octanol–water partition coefficient (Wildman–Crippen LogP) is 5.44. The molecule has 0 spiro atoms. The molecule has 3 nitrogen and oxygen atoms in total. The number of unbranched alkanes of at least 4 members (excludes halogenated alkanes) is 3. The molecule has 0 amide bonds. The number of benzene rings is 1. The van der Waals surface area contributed by atoms with Crippen molar-refractivity contribution in [3.05, 3.63) is 41.4 Å². The molecule has 0 fully saturated rings. The van der Waals surface area contributed by atoms with Gasteiger partial charge < -0.3 is 9.73 Å². The van der Waals surface area contributed by atoms with Crippen molar-refractivity contribution in [3.8, 4) is 11.3 Å². The minimum atomic E-state index is 0.489. The highest BCUT2D eigenvalue weighted by atomic mass is 35.5. The monoisotopic (exact) mass is 320 g/mol. The number of aromatic nitrogens is 1. The molecule has 22 heavy (non-hydrogen) atoms. The zero-order valence-electron chi connectivity index (χ0n) is 13.4. The zero-order valence-corrected chi connectivity index (χ0v) is 14.2. The highest BCUT2D eigenvalue weighted by Gasteiger charge is 2.08. The Bertz CT molecular complexity index is 550. The molecule has 0 saturated carbocycles. The Balaban J connectivity index is 1.78. The maximum absolute atomic E-state index is 5.89. The summed E-state index contributed by atoms with van der Waals surface area (Å²) in [6.07, 6.45) is 8.19. The molecular formula is C18H25ClN2O. The molecule has 0 bridgehead atoms. The minimum Gasteiger partial charge on any atom is -0.439 e. The van der Waals surface area contributed by atoms with Crippen molar-refractivity contribution in [2.45, 2.75) is 58.5 Å². The summed E-state index contributed by atoms with van der Waals surface area (Å²) in [5.74, 6) is 1.51. The summed E-state index contributed by atoms with van der Waals surface area (Å²) in [5.41, 5.74) is 0.996. The highest BCUT2D eigenvalue weighted by molar-refractivity contribution is 6.30. The molecule has 0 saturated heterocycles. The lowest BCUT2D eigenvalue weighted by atomic mass is 10.1. The summed E-state index contributed by atoms with van der Waals surface area (Å²) in [7, 11) is 0. The van der Waals surface area contributed by atoms with Gasteiger partial charge in [-0.3, -0.25) is 0 Å². The standard InChI is InChI=1S/C18H25ClN2O/c1-3-4-5-6-7-14(2)20-13-18-21-12-17(22-18)15-8-10-16(19)11-9-15/h8-12,14,20H,3-7,13H2,1-2H3. The molecule has 120 valence electrons. The normalized spacial score (nSPS) is 12.5. The van der Waals surface area contributed by atoms with Crippen LogP contribution in [-0.4, -0.2) is 11.0 Å². The molecule has 1 unspecified atom stereocenters. The van der Waals surface area contributed by atoms with Crippen LogP contribution in [0.5, 0.6) is 0 Å². The van der Waals surface area contributed by atoms with Crippen LogP contribution in [0.3, 0.4) is 0 Å². The van der Waals surface area contributed by atoms with E-state index >= 15 is 0 Å².